The number of aromatic nitrogens is 3. The van der Waals surface area contributed by atoms with Crippen molar-refractivity contribution >= 4 is 41.1 Å². The largest absolute Gasteiger partial charge is 0.355 e. The molecule has 7 nitrogen and oxygen atoms in total. The van der Waals surface area contributed by atoms with E-state index in [9.17, 15) is 9.59 Å². The first kappa shape index (κ1) is 19.0. The Morgan fingerprint density at radius 2 is 2.11 bits per heavy atom. The van der Waals surface area contributed by atoms with Crippen LogP contribution in [0.15, 0.2) is 35.7 Å². The Bertz CT molecular complexity index is 1020. The number of benzene rings is 1. The average molecular weight is 402 g/mol. The summed E-state index contributed by atoms with van der Waals surface area (Å²) in [4.78, 5) is 25.3. The summed E-state index contributed by atoms with van der Waals surface area (Å²) in [6.07, 6.45) is 0.232. The highest BCUT2D eigenvalue weighted by atomic mass is 32.1. The number of rotatable bonds is 6. The molecule has 0 aliphatic carbocycles. The van der Waals surface area contributed by atoms with Crippen LogP contribution in [0.2, 0.25) is 0 Å². The molecule has 0 spiro atoms. The van der Waals surface area contributed by atoms with Crippen LogP contribution in [0.4, 0.5) is 5.69 Å². The lowest BCUT2D eigenvalue weighted by Gasteiger charge is -2.12. The number of nitrogens with zero attached hydrogens (tertiary/aromatic N) is 2. The van der Waals surface area contributed by atoms with Crippen LogP contribution in [0.1, 0.15) is 22.3 Å². The molecule has 0 aliphatic heterocycles. The van der Waals surface area contributed by atoms with Gasteiger partial charge in [0.2, 0.25) is 5.91 Å². The van der Waals surface area contributed by atoms with E-state index in [4.69, 9.17) is 12.2 Å². The number of thiophene rings is 1. The number of carbonyl (C=O) groups is 2. The highest BCUT2D eigenvalue weighted by Crippen LogP contribution is 2.23. The molecule has 3 N–H and O–H groups in total. The number of amides is 2. The molecule has 0 atom stereocenters. The lowest BCUT2D eigenvalue weighted by Crippen LogP contribution is -2.20. The summed E-state index contributed by atoms with van der Waals surface area (Å²) in [6.45, 7) is 2.21. The third-order valence-electron chi connectivity index (χ3n) is 4.14. The lowest BCUT2D eigenvalue weighted by atomic mass is 10.1. The van der Waals surface area contributed by atoms with Crippen LogP contribution in [-0.4, -0.2) is 33.6 Å². The fourth-order valence-electron chi connectivity index (χ4n) is 2.70. The van der Waals surface area contributed by atoms with Crippen molar-refractivity contribution < 1.29 is 9.59 Å². The summed E-state index contributed by atoms with van der Waals surface area (Å²) < 4.78 is 2.29. The molecule has 0 aliphatic rings. The molecule has 0 saturated heterocycles. The van der Waals surface area contributed by atoms with Gasteiger partial charge in [0.05, 0.1) is 4.88 Å². The molecule has 2 aromatic heterocycles. The third kappa shape index (κ3) is 4.15. The Kier molecular flexibility index (Phi) is 5.82. The van der Waals surface area contributed by atoms with Crippen LogP contribution in [0.3, 0.4) is 0 Å². The van der Waals surface area contributed by atoms with E-state index in [-0.39, 0.29) is 18.2 Å². The first-order valence-corrected chi connectivity index (χ1v) is 9.60. The van der Waals surface area contributed by atoms with Crippen LogP contribution in [0.25, 0.3) is 10.7 Å². The standard InChI is InChI=1S/C18H19N5O2S2/c1-11-12(17(25)19-2)5-3-6-13(11)20-15(24)8-9-23-16(21-22-18(23)26)14-7-4-10-27-14/h3-7,10H,8-9H2,1-2H3,(H,19,25)(H,20,24)(H,22,26). The van der Waals surface area contributed by atoms with Crippen molar-refractivity contribution in [3.8, 4) is 10.7 Å². The summed E-state index contributed by atoms with van der Waals surface area (Å²) in [5.74, 6) is 0.377. The molecule has 3 rings (SSSR count). The Morgan fingerprint density at radius 1 is 1.30 bits per heavy atom. The third-order valence-corrected chi connectivity index (χ3v) is 5.32. The molecule has 0 unspecified atom stereocenters. The van der Waals surface area contributed by atoms with Crippen LogP contribution >= 0.6 is 23.6 Å². The zero-order valence-electron chi connectivity index (χ0n) is 14.9. The number of anilines is 1. The maximum atomic E-state index is 12.4. The van der Waals surface area contributed by atoms with Gasteiger partial charge in [0.1, 0.15) is 0 Å². The summed E-state index contributed by atoms with van der Waals surface area (Å²) in [7, 11) is 1.58. The number of carbonyl (C=O) groups excluding carboxylic acids is 2. The Morgan fingerprint density at radius 3 is 2.81 bits per heavy atom. The normalized spacial score (nSPS) is 10.6. The first-order valence-electron chi connectivity index (χ1n) is 8.32. The molecule has 27 heavy (non-hydrogen) atoms. The molecule has 3 aromatic rings. The monoisotopic (exact) mass is 401 g/mol. The van der Waals surface area contributed by atoms with Gasteiger partial charge in [-0.3, -0.25) is 19.3 Å². The van der Waals surface area contributed by atoms with Gasteiger partial charge in [-0.05, 0) is 48.3 Å². The second-order valence-corrected chi connectivity index (χ2v) is 7.17. The summed E-state index contributed by atoms with van der Waals surface area (Å²) in [6, 6.07) is 9.15. The topological polar surface area (TPSA) is 91.8 Å². The predicted molar refractivity (Wildman–Crippen MR) is 109 cm³/mol. The minimum atomic E-state index is -0.186. The molecule has 0 bridgehead atoms. The van der Waals surface area contributed by atoms with E-state index < -0.39 is 0 Å². The van der Waals surface area contributed by atoms with Crippen LogP contribution in [0.5, 0.6) is 0 Å². The van der Waals surface area contributed by atoms with Gasteiger partial charge in [0.25, 0.3) is 5.91 Å². The molecular formula is C18H19N5O2S2. The van der Waals surface area contributed by atoms with Crippen molar-refractivity contribution in [2.75, 3.05) is 12.4 Å². The average Bonchev–Trinajstić information content (AvgIpc) is 3.30. The maximum absolute atomic E-state index is 12.4. The van der Waals surface area contributed by atoms with E-state index >= 15 is 0 Å². The highest BCUT2D eigenvalue weighted by Gasteiger charge is 2.14. The molecule has 1 aromatic carbocycles. The summed E-state index contributed by atoms with van der Waals surface area (Å²) in [5.41, 5.74) is 1.88. The van der Waals surface area contributed by atoms with Gasteiger partial charge in [0, 0.05) is 31.3 Å². The molecule has 0 fully saturated rings. The number of hydrogen-bond acceptors (Lipinski definition) is 5. The molecule has 0 saturated carbocycles. The molecule has 140 valence electrons. The summed E-state index contributed by atoms with van der Waals surface area (Å²) >= 11 is 6.84. The smallest absolute Gasteiger partial charge is 0.251 e. The minimum absolute atomic E-state index is 0.160. The predicted octanol–water partition coefficient (Wildman–Crippen LogP) is 3.37. The molecule has 2 heterocycles. The van der Waals surface area contributed by atoms with Crippen molar-refractivity contribution in [1.82, 2.24) is 20.1 Å². The van der Waals surface area contributed by atoms with Crippen molar-refractivity contribution in [3.05, 3.63) is 51.6 Å². The van der Waals surface area contributed by atoms with Crippen LogP contribution in [0, 0.1) is 11.7 Å². The SMILES string of the molecule is CNC(=O)c1cccc(NC(=O)CCn2c(-c3cccs3)n[nH]c2=S)c1C. The van der Waals surface area contributed by atoms with Crippen LogP contribution in [-0.2, 0) is 11.3 Å². The summed E-state index contributed by atoms with van der Waals surface area (Å²) in [5, 5.41) is 14.5. The molecule has 2 amide bonds. The van der Waals surface area contributed by atoms with E-state index in [0.29, 0.717) is 22.6 Å². The van der Waals surface area contributed by atoms with Gasteiger partial charge >= 0.3 is 0 Å². The van der Waals surface area contributed by atoms with E-state index in [1.165, 1.54) is 0 Å². The van der Waals surface area contributed by atoms with Crippen molar-refractivity contribution in [1.29, 1.82) is 0 Å². The van der Waals surface area contributed by atoms with Gasteiger partial charge in [-0.25, -0.2) is 0 Å². The molecular weight excluding hydrogens is 382 g/mol. The second kappa shape index (κ2) is 8.28. The van der Waals surface area contributed by atoms with E-state index in [0.717, 1.165) is 16.3 Å². The molecule has 0 radical (unpaired) electrons. The van der Waals surface area contributed by atoms with Crippen molar-refractivity contribution in [2.45, 2.75) is 19.9 Å². The number of hydrogen-bond donors (Lipinski definition) is 3. The van der Waals surface area contributed by atoms with Gasteiger partial charge in [-0.15, -0.1) is 11.3 Å². The Balaban J connectivity index is 1.71. The zero-order valence-corrected chi connectivity index (χ0v) is 16.5. The quantitative estimate of drug-likeness (QED) is 0.552. The van der Waals surface area contributed by atoms with Gasteiger partial charge in [-0.1, -0.05) is 12.1 Å². The zero-order chi connectivity index (χ0) is 19.4. The Hall–Kier alpha value is -2.78. The number of aromatic amines is 1. The number of nitrogens with one attached hydrogen (secondary N) is 3. The van der Waals surface area contributed by atoms with Crippen molar-refractivity contribution in [3.63, 3.8) is 0 Å². The van der Waals surface area contributed by atoms with Gasteiger partial charge in [0.15, 0.2) is 10.6 Å². The second-order valence-electron chi connectivity index (χ2n) is 5.84. The minimum Gasteiger partial charge on any atom is -0.355 e. The molecule has 9 heteroatoms. The fourth-order valence-corrected chi connectivity index (χ4v) is 3.64. The van der Waals surface area contributed by atoms with E-state index in [1.807, 2.05) is 22.1 Å². The van der Waals surface area contributed by atoms with Crippen LogP contribution < -0.4 is 10.6 Å². The first-order chi connectivity index (χ1) is 13.0. The van der Waals surface area contributed by atoms with E-state index in [2.05, 4.69) is 20.8 Å². The van der Waals surface area contributed by atoms with Gasteiger partial charge in [-0.2, -0.15) is 5.10 Å². The lowest BCUT2D eigenvalue weighted by molar-refractivity contribution is -0.116. The van der Waals surface area contributed by atoms with E-state index in [1.54, 1.807) is 43.5 Å². The maximum Gasteiger partial charge on any atom is 0.251 e. The van der Waals surface area contributed by atoms with Crippen molar-refractivity contribution in [2.24, 2.45) is 0 Å². The highest BCUT2D eigenvalue weighted by molar-refractivity contribution is 7.71. The fraction of sp³-hybridized carbons (Fsp3) is 0.222. The Labute approximate surface area is 165 Å². The van der Waals surface area contributed by atoms with Gasteiger partial charge < -0.3 is 10.6 Å². The number of H-pyrrole nitrogens is 1.